The highest BCUT2D eigenvalue weighted by atomic mass is 16.5. The lowest BCUT2D eigenvalue weighted by atomic mass is 10.0. The third kappa shape index (κ3) is 6.40. The highest BCUT2D eigenvalue weighted by Gasteiger charge is 2.17. The van der Waals surface area contributed by atoms with E-state index in [-0.39, 0.29) is 0 Å². The van der Waals surface area contributed by atoms with E-state index in [1.807, 2.05) is 72.8 Å². The van der Waals surface area contributed by atoms with E-state index >= 15 is 0 Å². The summed E-state index contributed by atoms with van der Waals surface area (Å²) in [5, 5.41) is 3.35. The molecule has 5 rings (SSSR count). The summed E-state index contributed by atoms with van der Waals surface area (Å²) in [7, 11) is 1.57. The molecule has 4 aromatic carbocycles. The van der Waals surface area contributed by atoms with E-state index in [1.165, 1.54) is 0 Å². The largest absolute Gasteiger partial charge is 0.497 e. The second-order valence-corrected chi connectivity index (χ2v) is 8.72. The third-order valence-corrected chi connectivity index (χ3v) is 6.04. The van der Waals surface area contributed by atoms with E-state index in [2.05, 4.69) is 5.32 Å². The van der Waals surface area contributed by atoms with Gasteiger partial charge in [0.25, 0.3) is 5.91 Å². The fraction of sp³-hybridized carbons (Fsp3) is 0.0938. The van der Waals surface area contributed by atoms with Crippen molar-refractivity contribution in [3.8, 4) is 22.8 Å². The van der Waals surface area contributed by atoms with Crippen LogP contribution in [0.2, 0.25) is 0 Å². The zero-order chi connectivity index (χ0) is 27.0. The van der Waals surface area contributed by atoms with Crippen LogP contribution in [0, 0.1) is 0 Å². The molecule has 0 unspecified atom stereocenters. The average molecular weight is 519 g/mol. The fourth-order valence-electron chi connectivity index (χ4n) is 4.04. The molecule has 0 radical (unpaired) electrons. The van der Waals surface area contributed by atoms with Gasteiger partial charge in [-0.05, 0) is 66.2 Å². The maximum atomic E-state index is 13.1. The van der Waals surface area contributed by atoms with Gasteiger partial charge in [0.2, 0.25) is 0 Å². The Balaban J connectivity index is 1.29. The van der Waals surface area contributed by atoms with Crippen molar-refractivity contribution in [3.05, 3.63) is 120 Å². The maximum absolute atomic E-state index is 13.1. The van der Waals surface area contributed by atoms with Crippen LogP contribution in [-0.2, 0) is 16.1 Å². The smallest absolute Gasteiger partial charge is 0.339 e. The van der Waals surface area contributed by atoms with Crippen LogP contribution in [0.1, 0.15) is 15.9 Å². The van der Waals surface area contributed by atoms with Crippen molar-refractivity contribution in [1.82, 2.24) is 4.98 Å². The number of hydrogen-bond donors (Lipinski definition) is 1. The Hall–Kier alpha value is -5.17. The van der Waals surface area contributed by atoms with Gasteiger partial charge in [-0.2, -0.15) is 0 Å². The first-order valence-corrected chi connectivity index (χ1v) is 12.4. The number of rotatable bonds is 9. The van der Waals surface area contributed by atoms with Crippen molar-refractivity contribution in [1.29, 1.82) is 0 Å². The van der Waals surface area contributed by atoms with Gasteiger partial charge in [0.05, 0.1) is 23.9 Å². The lowest BCUT2D eigenvalue weighted by Crippen LogP contribution is -2.21. The molecule has 0 spiro atoms. The summed E-state index contributed by atoms with van der Waals surface area (Å²) in [5.74, 6) is 0.348. The van der Waals surface area contributed by atoms with Gasteiger partial charge in [-0.25, -0.2) is 9.78 Å². The van der Waals surface area contributed by atoms with Crippen LogP contribution in [0.5, 0.6) is 11.5 Å². The molecule has 0 fully saturated rings. The van der Waals surface area contributed by atoms with Crippen LogP contribution in [0.25, 0.3) is 22.2 Å². The van der Waals surface area contributed by atoms with E-state index in [0.717, 1.165) is 16.9 Å². The molecule has 0 saturated carbocycles. The molecule has 39 heavy (non-hydrogen) atoms. The number of amides is 1. The number of benzene rings is 4. The van der Waals surface area contributed by atoms with Crippen LogP contribution in [0.4, 0.5) is 5.69 Å². The van der Waals surface area contributed by atoms with Crippen molar-refractivity contribution >= 4 is 28.5 Å². The number of aromatic nitrogens is 1. The third-order valence-electron chi connectivity index (χ3n) is 6.04. The minimum absolute atomic E-state index is 0.331. The number of nitrogens with zero attached hydrogens (tertiary/aromatic N) is 1. The minimum atomic E-state index is -0.609. The maximum Gasteiger partial charge on any atom is 0.339 e. The Kier molecular flexibility index (Phi) is 7.79. The molecule has 0 aliphatic carbocycles. The Bertz CT molecular complexity index is 1580. The number of methoxy groups -OCH3 is 1. The number of nitrogens with one attached hydrogen (secondary N) is 1. The lowest BCUT2D eigenvalue weighted by Gasteiger charge is -2.11. The molecule has 0 saturated heterocycles. The number of pyridine rings is 1. The monoisotopic (exact) mass is 518 g/mol. The van der Waals surface area contributed by atoms with Crippen LogP contribution < -0.4 is 14.8 Å². The molecular formula is C32H26N2O5. The topological polar surface area (TPSA) is 86.8 Å². The number of carbonyl (C=O) groups is 2. The number of anilines is 1. The van der Waals surface area contributed by atoms with E-state index < -0.39 is 18.5 Å². The van der Waals surface area contributed by atoms with Crippen molar-refractivity contribution in [3.63, 3.8) is 0 Å². The SMILES string of the molecule is COc1ccc(NC(=O)COC(=O)c2cc(-c3ccc(OCc4ccccc4)cc3)nc3ccccc23)cc1. The predicted molar refractivity (Wildman–Crippen MR) is 150 cm³/mol. The molecule has 7 heteroatoms. The van der Waals surface area contributed by atoms with Crippen molar-refractivity contribution in [2.75, 3.05) is 19.0 Å². The zero-order valence-corrected chi connectivity index (χ0v) is 21.3. The molecule has 0 aliphatic rings. The van der Waals surface area contributed by atoms with Gasteiger partial charge < -0.3 is 19.5 Å². The molecule has 1 aromatic heterocycles. The van der Waals surface area contributed by atoms with Crippen molar-refractivity contribution in [2.24, 2.45) is 0 Å². The lowest BCUT2D eigenvalue weighted by molar-refractivity contribution is -0.119. The van der Waals surface area contributed by atoms with Crippen LogP contribution in [0.3, 0.4) is 0 Å². The first kappa shape index (κ1) is 25.5. The Morgan fingerprint density at radius 1 is 0.795 bits per heavy atom. The van der Waals surface area contributed by atoms with Gasteiger partial charge in [0.1, 0.15) is 18.1 Å². The van der Waals surface area contributed by atoms with Crippen LogP contribution in [0.15, 0.2) is 109 Å². The summed E-state index contributed by atoms with van der Waals surface area (Å²) in [5.41, 5.74) is 4.06. The Labute approximate surface area is 226 Å². The van der Waals surface area contributed by atoms with Crippen molar-refractivity contribution < 1.29 is 23.8 Å². The number of fused-ring (bicyclic) bond motifs is 1. The van der Waals surface area contributed by atoms with Crippen LogP contribution >= 0.6 is 0 Å². The highest BCUT2D eigenvalue weighted by Crippen LogP contribution is 2.27. The molecule has 1 amide bonds. The molecule has 1 heterocycles. The van der Waals surface area contributed by atoms with E-state index in [0.29, 0.717) is 40.2 Å². The zero-order valence-electron chi connectivity index (χ0n) is 21.3. The predicted octanol–water partition coefficient (Wildman–Crippen LogP) is 6.28. The van der Waals surface area contributed by atoms with E-state index in [1.54, 1.807) is 43.5 Å². The number of para-hydroxylation sites is 1. The summed E-state index contributed by atoms with van der Waals surface area (Å²) < 4.78 is 16.4. The summed E-state index contributed by atoms with van der Waals surface area (Å²) in [4.78, 5) is 30.2. The van der Waals surface area contributed by atoms with Gasteiger partial charge in [-0.15, -0.1) is 0 Å². The van der Waals surface area contributed by atoms with Crippen LogP contribution in [-0.4, -0.2) is 30.6 Å². The summed E-state index contributed by atoms with van der Waals surface area (Å²) in [6.45, 7) is 0.0424. The first-order chi connectivity index (χ1) is 19.1. The Morgan fingerprint density at radius 3 is 2.23 bits per heavy atom. The van der Waals surface area contributed by atoms with Gasteiger partial charge in [0, 0.05) is 16.6 Å². The van der Waals surface area contributed by atoms with Gasteiger partial charge in [-0.1, -0.05) is 48.5 Å². The average Bonchev–Trinajstić information content (AvgIpc) is 2.99. The second kappa shape index (κ2) is 11.9. The molecule has 0 atom stereocenters. The number of hydrogen-bond acceptors (Lipinski definition) is 6. The summed E-state index contributed by atoms with van der Waals surface area (Å²) in [6.07, 6.45) is 0. The molecule has 5 aromatic rings. The highest BCUT2D eigenvalue weighted by molar-refractivity contribution is 6.05. The standard InChI is InChI=1S/C32H26N2O5/c1-37-25-17-13-24(14-18-25)33-31(35)21-39-32(36)28-19-30(34-29-10-6-5-9-27(28)29)23-11-15-26(16-12-23)38-20-22-7-3-2-4-8-22/h2-19H,20-21H2,1H3,(H,33,35). The second-order valence-electron chi connectivity index (χ2n) is 8.72. The van der Waals surface area contributed by atoms with Crippen molar-refractivity contribution in [2.45, 2.75) is 6.61 Å². The summed E-state index contributed by atoms with van der Waals surface area (Å²) in [6, 6.07) is 33.4. The normalized spacial score (nSPS) is 10.6. The quantitative estimate of drug-likeness (QED) is 0.231. The number of carbonyl (C=O) groups excluding carboxylic acids is 2. The van der Waals surface area contributed by atoms with E-state index in [9.17, 15) is 9.59 Å². The molecule has 0 aliphatic heterocycles. The molecule has 194 valence electrons. The van der Waals surface area contributed by atoms with Gasteiger partial charge in [-0.3, -0.25) is 4.79 Å². The molecule has 0 bridgehead atoms. The number of ether oxygens (including phenoxy) is 3. The number of esters is 1. The summed E-state index contributed by atoms with van der Waals surface area (Å²) >= 11 is 0. The first-order valence-electron chi connectivity index (χ1n) is 12.4. The molecular weight excluding hydrogens is 492 g/mol. The fourth-order valence-corrected chi connectivity index (χ4v) is 4.04. The van der Waals surface area contributed by atoms with E-state index in [4.69, 9.17) is 19.2 Å². The molecule has 7 nitrogen and oxygen atoms in total. The van der Waals surface area contributed by atoms with Gasteiger partial charge in [0.15, 0.2) is 6.61 Å². The minimum Gasteiger partial charge on any atom is -0.497 e. The van der Waals surface area contributed by atoms with Gasteiger partial charge >= 0.3 is 5.97 Å². The Morgan fingerprint density at radius 2 is 1.49 bits per heavy atom. The molecule has 1 N–H and O–H groups in total.